The van der Waals surface area contributed by atoms with Gasteiger partial charge in [-0.3, -0.25) is 4.79 Å². The molecule has 3 heteroatoms. The van der Waals surface area contributed by atoms with Crippen LogP contribution in [0.3, 0.4) is 0 Å². The van der Waals surface area contributed by atoms with Crippen LogP contribution >= 0.6 is 11.6 Å². The van der Waals surface area contributed by atoms with Gasteiger partial charge in [-0.05, 0) is 37.6 Å². The number of halogens is 1. The Morgan fingerprint density at radius 3 is 2.43 bits per heavy atom. The highest BCUT2D eigenvalue weighted by Crippen LogP contribution is 2.16. The zero-order valence-electron chi connectivity index (χ0n) is 8.29. The van der Waals surface area contributed by atoms with Gasteiger partial charge in [0.05, 0.1) is 0 Å². The quantitative estimate of drug-likeness (QED) is 0.566. The van der Waals surface area contributed by atoms with E-state index in [0.717, 1.165) is 6.42 Å². The van der Waals surface area contributed by atoms with E-state index in [9.17, 15) is 4.79 Å². The van der Waals surface area contributed by atoms with Crippen LogP contribution in [0.1, 0.15) is 30.6 Å². The summed E-state index contributed by atoms with van der Waals surface area (Å²) in [6.07, 6.45) is 0.746. The molecule has 0 amide bonds. The number of Topliss-reactive ketones (excluding diaryl/α,β-unsaturated/α-hetero) is 1. The van der Waals surface area contributed by atoms with E-state index in [-0.39, 0.29) is 11.3 Å². The van der Waals surface area contributed by atoms with Crippen LogP contribution in [0.15, 0.2) is 24.3 Å². The molecule has 0 heterocycles. The highest BCUT2D eigenvalue weighted by atomic mass is 35.5. The number of hydrogen-bond donors (Lipinski definition) is 0. The van der Waals surface area contributed by atoms with E-state index in [4.69, 9.17) is 16.3 Å². The Balaban J connectivity index is 2.68. The zero-order chi connectivity index (χ0) is 10.6. The fourth-order valence-electron chi connectivity index (χ4n) is 0.999. The summed E-state index contributed by atoms with van der Waals surface area (Å²) >= 11 is 5.81. The van der Waals surface area contributed by atoms with Gasteiger partial charge < -0.3 is 4.74 Å². The largest absolute Gasteiger partial charge is 0.475 e. The molecule has 0 saturated carbocycles. The van der Waals surface area contributed by atoms with Crippen molar-refractivity contribution in [3.05, 3.63) is 29.8 Å². The monoisotopic (exact) mass is 212 g/mol. The molecule has 0 aromatic heterocycles. The second-order valence-electron chi connectivity index (χ2n) is 3.02. The van der Waals surface area contributed by atoms with E-state index in [0.29, 0.717) is 11.3 Å². The van der Waals surface area contributed by atoms with E-state index >= 15 is 0 Å². The first kappa shape index (κ1) is 11.1. The van der Waals surface area contributed by atoms with Crippen molar-refractivity contribution in [1.29, 1.82) is 0 Å². The molecule has 76 valence electrons. The molecule has 0 bridgehead atoms. The van der Waals surface area contributed by atoms with Gasteiger partial charge in [-0.15, -0.1) is 0 Å². The van der Waals surface area contributed by atoms with Gasteiger partial charge in [-0.2, -0.15) is 0 Å². The van der Waals surface area contributed by atoms with Gasteiger partial charge in [0.15, 0.2) is 11.3 Å². The second kappa shape index (κ2) is 5.01. The normalized spacial score (nSPS) is 12.2. The minimum Gasteiger partial charge on any atom is -0.475 e. The highest BCUT2D eigenvalue weighted by Gasteiger charge is 2.03. The summed E-state index contributed by atoms with van der Waals surface area (Å²) in [6, 6.07) is 6.97. The maximum Gasteiger partial charge on any atom is 0.171 e. The Hall–Kier alpha value is -1.02. The van der Waals surface area contributed by atoms with Gasteiger partial charge in [0, 0.05) is 5.56 Å². The predicted octanol–water partition coefficient (Wildman–Crippen LogP) is 3.24. The first-order valence-corrected chi connectivity index (χ1v) is 4.99. The second-order valence-corrected chi connectivity index (χ2v) is 3.50. The minimum absolute atomic E-state index is 0.0504. The molecular weight excluding hydrogens is 200 g/mol. The van der Waals surface area contributed by atoms with Crippen molar-refractivity contribution in [2.24, 2.45) is 0 Å². The number of carbonyl (C=O) groups is 1. The van der Waals surface area contributed by atoms with Crippen LogP contribution in [-0.2, 0) is 0 Å². The first-order valence-electron chi connectivity index (χ1n) is 4.55. The van der Waals surface area contributed by atoms with Crippen molar-refractivity contribution in [3.8, 4) is 5.75 Å². The zero-order valence-corrected chi connectivity index (χ0v) is 9.04. The fourth-order valence-corrected chi connectivity index (χ4v) is 1.10. The van der Waals surface area contributed by atoms with E-state index in [1.54, 1.807) is 24.3 Å². The summed E-state index contributed by atoms with van der Waals surface area (Å²) in [5.41, 5.74) is 0.373. The molecule has 0 aliphatic carbocycles. The molecule has 0 aliphatic heterocycles. The minimum atomic E-state index is -0.307. The van der Waals surface area contributed by atoms with Gasteiger partial charge in [0.25, 0.3) is 0 Å². The van der Waals surface area contributed by atoms with Crippen molar-refractivity contribution in [3.63, 3.8) is 0 Å². The smallest absolute Gasteiger partial charge is 0.171 e. The van der Waals surface area contributed by atoms with Gasteiger partial charge >= 0.3 is 0 Å². The molecule has 2 nitrogen and oxygen atoms in total. The first-order chi connectivity index (χ1) is 6.63. The van der Waals surface area contributed by atoms with Crippen LogP contribution in [0.2, 0.25) is 0 Å². The average molecular weight is 213 g/mol. The lowest BCUT2D eigenvalue weighted by atomic mass is 10.1. The lowest BCUT2D eigenvalue weighted by Gasteiger charge is -2.10. The van der Waals surface area contributed by atoms with Crippen LogP contribution in [-0.4, -0.2) is 11.3 Å². The number of ketones is 1. The Bertz CT molecular complexity index is 306. The summed E-state index contributed by atoms with van der Waals surface area (Å²) in [5.74, 6) is 0.742. The van der Waals surface area contributed by atoms with Crippen LogP contribution < -0.4 is 4.74 Å². The Morgan fingerprint density at radius 2 is 2.00 bits per heavy atom. The lowest BCUT2D eigenvalue weighted by Crippen LogP contribution is -2.06. The van der Waals surface area contributed by atoms with E-state index in [2.05, 4.69) is 0 Å². The van der Waals surface area contributed by atoms with E-state index in [1.165, 1.54) is 6.92 Å². The van der Waals surface area contributed by atoms with Crippen LogP contribution in [0.5, 0.6) is 5.75 Å². The number of carbonyl (C=O) groups excluding carboxylic acids is 1. The summed E-state index contributed by atoms with van der Waals surface area (Å²) in [6.45, 7) is 3.48. The fraction of sp³-hybridized carbons (Fsp3) is 0.364. The van der Waals surface area contributed by atoms with E-state index in [1.807, 2.05) is 6.92 Å². The van der Waals surface area contributed by atoms with Gasteiger partial charge in [-0.25, -0.2) is 0 Å². The Morgan fingerprint density at radius 1 is 1.43 bits per heavy atom. The molecule has 0 N–H and O–H groups in total. The topological polar surface area (TPSA) is 26.3 Å². The maximum atomic E-state index is 11.0. The summed E-state index contributed by atoms with van der Waals surface area (Å²) < 4.78 is 5.35. The summed E-state index contributed by atoms with van der Waals surface area (Å²) in [7, 11) is 0. The van der Waals surface area contributed by atoms with Crippen molar-refractivity contribution in [2.75, 3.05) is 0 Å². The maximum absolute atomic E-state index is 11.0. The third-order valence-electron chi connectivity index (χ3n) is 1.85. The molecule has 0 aliphatic rings. The molecule has 1 rings (SSSR count). The molecule has 0 fully saturated rings. The van der Waals surface area contributed by atoms with Crippen molar-refractivity contribution < 1.29 is 9.53 Å². The Labute approximate surface area is 88.8 Å². The highest BCUT2D eigenvalue weighted by molar-refractivity contribution is 6.19. The number of ether oxygens (including phenoxy) is 1. The lowest BCUT2D eigenvalue weighted by molar-refractivity contribution is 0.101. The van der Waals surface area contributed by atoms with Crippen molar-refractivity contribution >= 4 is 17.4 Å². The summed E-state index contributed by atoms with van der Waals surface area (Å²) in [5, 5.41) is 0. The average Bonchev–Trinajstić information content (AvgIpc) is 2.18. The van der Waals surface area contributed by atoms with Crippen molar-refractivity contribution in [2.45, 2.75) is 25.8 Å². The molecule has 14 heavy (non-hydrogen) atoms. The van der Waals surface area contributed by atoms with Gasteiger partial charge in [0.1, 0.15) is 5.75 Å². The predicted molar refractivity (Wildman–Crippen MR) is 57.0 cm³/mol. The number of hydrogen-bond acceptors (Lipinski definition) is 2. The molecule has 1 unspecified atom stereocenters. The van der Waals surface area contributed by atoms with Gasteiger partial charge in [0.2, 0.25) is 0 Å². The number of rotatable bonds is 4. The molecule has 1 atom stereocenters. The Kier molecular flexibility index (Phi) is 3.96. The standard InChI is InChI=1S/C11H13ClO2/c1-3-11(12)14-10-6-4-9(5-7-10)8(2)13/h4-7,11H,3H2,1-2H3. The SMILES string of the molecule is CCC(Cl)Oc1ccc(C(C)=O)cc1. The van der Waals surface area contributed by atoms with Crippen LogP contribution in [0.25, 0.3) is 0 Å². The van der Waals surface area contributed by atoms with Gasteiger partial charge in [-0.1, -0.05) is 18.5 Å². The molecule has 1 aromatic carbocycles. The van der Waals surface area contributed by atoms with E-state index < -0.39 is 0 Å². The van der Waals surface area contributed by atoms with Crippen LogP contribution in [0, 0.1) is 0 Å². The number of benzene rings is 1. The molecular formula is C11H13ClO2. The van der Waals surface area contributed by atoms with Crippen LogP contribution in [0.4, 0.5) is 0 Å². The molecule has 1 aromatic rings. The molecule has 0 saturated heterocycles. The third kappa shape index (κ3) is 3.04. The summed E-state index contributed by atoms with van der Waals surface area (Å²) in [4.78, 5) is 11.0. The number of alkyl halides is 1. The third-order valence-corrected chi connectivity index (χ3v) is 2.24. The molecule has 0 radical (unpaired) electrons. The van der Waals surface area contributed by atoms with Crippen molar-refractivity contribution in [1.82, 2.24) is 0 Å². The molecule has 0 spiro atoms.